The molecule has 96 valence electrons. The molecule has 2 amide bonds. The van der Waals surface area contributed by atoms with Gasteiger partial charge in [-0.25, -0.2) is 4.39 Å². The fraction of sp³-hybridized carbons (Fsp3) is 0.385. The molecule has 1 unspecified atom stereocenters. The average molecular weight is 250 g/mol. The number of rotatable bonds is 2. The molecule has 1 aromatic carbocycles. The Morgan fingerprint density at radius 3 is 2.83 bits per heavy atom. The van der Waals surface area contributed by atoms with Gasteiger partial charge >= 0.3 is 0 Å². The Balaban J connectivity index is 2.39. The maximum atomic E-state index is 13.8. The number of benzene rings is 1. The Morgan fingerprint density at radius 2 is 2.17 bits per heavy atom. The van der Waals surface area contributed by atoms with Gasteiger partial charge in [-0.2, -0.15) is 0 Å². The molecule has 2 rings (SSSR count). The third kappa shape index (κ3) is 2.20. The molecule has 0 aromatic heterocycles. The van der Waals surface area contributed by atoms with Gasteiger partial charge in [0.15, 0.2) is 0 Å². The summed E-state index contributed by atoms with van der Waals surface area (Å²) in [5, 5.41) is 2.60. The van der Waals surface area contributed by atoms with E-state index >= 15 is 0 Å². The zero-order valence-corrected chi connectivity index (χ0v) is 10.4. The van der Waals surface area contributed by atoms with Crippen LogP contribution in [-0.2, 0) is 9.59 Å². The number of amides is 2. The van der Waals surface area contributed by atoms with Crippen molar-refractivity contribution in [2.75, 3.05) is 11.4 Å². The van der Waals surface area contributed by atoms with Gasteiger partial charge in [0.05, 0.1) is 5.69 Å². The number of carbonyl (C=O) groups is 2. The molecule has 1 aromatic rings. The van der Waals surface area contributed by atoms with Crippen LogP contribution in [-0.4, -0.2) is 24.4 Å². The Labute approximate surface area is 105 Å². The fourth-order valence-electron chi connectivity index (χ4n) is 2.02. The summed E-state index contributed by atoms with van der Waals surface area (Å²) in [6.45, 7) is 3.49. The van der Waals surface area contributed by atoms with E-state index in [0.717, 1.165) is 5.56 Å². The number of nitrogens with zero attached hydrogens (tertiary/aromatic N) is 1. The highest BCUT2D eigenvalue weighted by atomic mass is 19.1. The molecule has 4 nitrogen and oxygen atoms in total. The monoisotopic (exact) mass is 250 g/mol. The number of halogens is 1. The van der Waals surface area contributed by atoms with Crippen LogP contribution in [0.5, 0.6) is 0 Å². The fourth-order valence-corrected chi connectivity index (χ4v) is 2.02. The Bertz CT molecular complexity index is 502. The summed E-state index contributed by atoms with van der Waals surface area (Å²) < 4.78 is 13.8. The molecule has 1 heterocycles. The van der Waals surface area contributed by atoms with Crippen LogP contribution in [0.4, 0.5) is 10.1 Å². The SMILES string of the molecule is CCC1NC(=O)CN(c2cc(C)ccc2F)C1=O. The van der Waals surface area contributed by atoms with E-state index < -0.39 is 11.9 Å². The molecule has 0 bridgehead atoms. The predicted octanol–water partition coefficient (Wildman–Crippen LogP) is 1.38. The number of hydrogen-bond donors (Lipinski definition) is 1. The first-order valence-electron chi connectivity index (χ1n) is 5.89. The molecule has 5 heteroatoms. The van der Waals surface area contributed by atoms with Crippen molar-refractivity contribution in [2.45, 2.75) is 26.3 Å². The molecule has 0 spiro atoms. The van der Waals surface area contributed by atoms with Gasteiger partial charge in [0, 0.05) is 0 Å². The first-order chi connectivity index (χ1) is 8.52. The summed E-state index contributed by atoms with van der Waals surface area (Å²) >= 11 is 0. The minimum atomic E-state index is -0.564. The first-order valence-corrected chi connectivity index (χ1v) is 5.89. The van der Waals surface area contributed by atoms with Gasteiger partial charge in [-0.3, -0.25) is 14.5 Å². The van der Waals surface area contributed by atoms with Crippen LogP contribution in [0.25, 0.3) is 0 Å². The second kappa shape index (κ2) is 4.76. The van der Waals surface area contributed by atoms with Gasteiger partial charge in [0.25, 0.3) is 0 Å². The number of aryl methyl sites for hydroxylation is 1. The summed E-state index contributed by atoms with van der Waals surface area (Å²) in [4.78, 5) is 24.9. The molecule has 0 aliphatic carbocycles. The summed E-state index contributed by atoms with van der Waals surface area (Å²) in [5.74, 6) is -1.01. The number of anilines is 1. The zero-order valence-electron chi connectivity index (χ0n) is 10.4. The lowest BCUT2D eigenvalue weighted by atomic mass is 10.1. The minimum Gasteiger partial charge on any atom is -0.343 e. The maximum Gasteiger partial charge on any atom is 0.250 e. The summed E-state index contributed by atoms with van der Waals surface area (Å²) in [7, 11) is 0. The van der Waals surface area contributed by atoms with E-state index in [1.165, 1.54) is 11.0 Å². The highest BCUT2D eigenvalue weighted by molar-refractivity contribution is 6.06. The lowest BCUT2D eigenvalue weighted by molar-refractivity contribution is -0.131. The third-order valence-corrected chi connectivity index (χ3v) is 3.00. The maximum absolute atomic E-state index is 13.8. The van der Waals surface area contributed by atoms with Gasteiger partial charge in [-0.15, -0.1) is 0 Å². The van der Waals surface area contributed by atoms with Crippen molar-refractivity contribution in [1.29, 1.82) is 0 Å². The lowest BCUT2D eigenvalue weighted by Crippen LogP contribution is -2.58. The van der Waals surface area contributed by atoms with Crippen molar-refractivity contribution in [3.63, 3.8) is 0 Å². The Kier molecular flexibility index (Phi) is 3.32. The summed E-state index contributed by atoms with van der Waals surface area (Å²) in [6.07, 6.45) is 0.495. The Hall–Kier alpha value is -1.91. The highest BCUT2D eigenvalue weighted by Gasteiger charge is 2.33. The van der Waals surface area contributed by atoms with Crippen molar-refractivity contribution in [3.05, 3.63) is 29.6 Å². The molecule has 1 atom stereocenters. The van der Waals surface area contributed by atoms with E-state index in [1.807, 2.05) is 6.92 Å². The van der Waals surface area contributed by atoms with Crippen molar-refractivity contribution >= 4 is 17.5 Å². The Morgan fingerprint density at radius 1 is 1.44 bits per heavy atom. The van der Waals surface area contributed by atoms with Crippen molar-refractivity contribution in [1.82, 2.24) is 5.32 Å². The number of piperazine rings is 1. The van der Waals surface area contributed by atoms with Gasteiger partial charge < -0.3 is 5.32 Å². The molecule has 1 N–H and O–H groups in total. The second-order valence-electron chi connectivity index (χ2n) is 4.41. The largest absolute Gasteiger partial charge is 0.343 e. The van der Waals surface area contributed by atoms with E-state index in [2.05, 4.69) is 5.32 Å². The van der Waals surface area contributed by atoms with E-state index in [1.54, 1.807) is 19.1 Å². The molecular formula is C13H15FN2O2. The average Bonchev–Trinajstić information content (AvgIpc) is 2.35. The van der Waals surface area contributed by atoms with E-state index in [-0.39, 0.29) is 24.0 Å². The molecule has 1 fully saturated rings. The first kappa shape index (κ1) is 12.5. The van der Waals surface area contributed by atoms with Crippen LogP contribution >= 0.6 is 0 Å². The standard InChI is InChI=1S/C13H15FN2O2/c1-3-10-13(18)16(7-12(17)15-10)11-6-8(2)4-5-9(11)14/h4-6,10H,3,7H2,1-2H3,(H,15,17). The van der Waals surface area contributed by atoms with E-state index in [4.69, 9.17) is 0 Å². The molecule has 18 heavy (non-hydrogen) atoms. The third-order valence-electron chi connectivity index (χ3n) is 3.00. The van der Waals surface area contributed by atoms with Crippen LogP contribution < -0.4 is 10.2 Å². The van der Waals surface area contributed by atoms with Crippen molar-refractivity contribution in [3.8, 4) is 0 Å². The molecule has 0 saturated carbocycles. The number of nitrogens with one attached hydrogen (secondary N) is 1. The number of carbonyl (C=O) groups excluding carboxylic acids is 2. The van der Waals surface area contributed by atoms with E-state index in [0.29, 0.717) is 6.42 Å². The van der Waals surface area contributed by atoms with Crippen LogP contribution in [0.3, 0.4) is 0 Å². The van der Waals surface area contributed by atoms with Gasteiger partial charge in [-0.05, 0) is 31.0 Å². The zero-order chi connectivity index (χ0) is 13.3. The molecule has 1 aliphatic rings. The van der Waals surface area contributed by atoms with Crippen LogP contribution in [0.1, 0.15) is 18.9 Å². The topological polar surface area (TPSA) is 49.4 Å². The van der Waals surface area contributed by atoms with Crippen molar-refractivity contribution < 1.29 is 14.0 Å². The van der Waals surface area contributed by atoms with Gasteiger partial charge in [0.1, 0.15) is 18.4 Å². The quantitative estimate of drug-likeness (QED) is 0.862. The molecular weight excluding hydrogens is 235 g/mol. The summed E-state index contributed by atoms with van der Waals surface area (Å²) in [6, 6.07) is 3.96. The lowest BCUT2D eigenvalue weighted by Gasteiger charge is -2.32. The van der Waals surface area contributed by atoms with Crippen LogP contribution in [0, 0.1) is 12.7 Å². The predicted molar refractivity (Wildman–Crippen MR) is 65.7 cm³/mol. The van der Waals surface area contributed by atoms with Gasteiger partial charge in [0.2, 0.25) is 11.8 Å². The smallest absolute Gasteiger partial charge is 0.250 e. The van der Waals surface area contributed by atoms with Crippen LogP contribution in [0.15, 0.2) is 18.2 Å². The summed E-state index contributed by atoms with van der Waals surface area (Å²) in [5.41, 5.74) is 1.02. The van der Waals surface area contributed by atoms with Crippen molar-refractivity contribution in [2.24, 2.45) is 0 Å². The minimum absolute atomic E-state index is 0.129. The molecule has 1 saturated heterocycles. The van der Waals surface area contributed by atoms with E-state index in [9.17, 15) is 14.0 Å². The normalized spacial score (nSPS) is 19.9. The second-order valence-corrected chi connectivity index (χ2v) is 4.41. The molecule has 1 aliphatic heterocycles. The highest BCUT2D eigenvalue weighted by Crippen LogP contribution is 2.23. The number of hydrogen-bond acceptors (Lipinski definition) is 2. The molecule has 0 radical (unpaired) electrons. The van der Waals surface area contributed by atoms with Gasteiger partial charge in [-0.1, -0.05) is 13.0 Å². The van der Waals surface area contributed by atoms with Crippen LogP contribution in [0.2, 0.25) is 0 Å².